The lowest BCUT2D eigenvalue weighted by Gasteiger charge is -2.13. The number of halogens is 2. The van der Waals surface area contributed by atoms with E-state index in [1.54, 1.807) is 6.20 Å². The van der Waals surface area contributed by atoms with Gasteiger partial charge >= 0.3 is 0 Å². The van der Waals surface area contributed by atoms with Gasteiger partial charge in [-0.05, 0) is 12.5 Å². The molecule has 7 nitrogen and oxygen atoms in total. The molecule has 0 aliphatic carbocycles. The van der Waals surface area contributed by atoms with Crippen molar-refractivity contribution in [2.75, 3.05) is 6.54 Å². The van der Waals surface area contributed by atoms with Crippen molar-refractivity contribution in [1.29, 1.82) is 0 Å². The van der Waals surface area contributed by atoms with Gasteiger partial charge in [-0.1, -0.05) is 18.5 Å². The number of aryl methyl sites for hydroxylation is 1. The summed E-state index contributed by atoms with van der Waals surface area (Å²) in [5.74, 6) is 1.71. The number of nitrogens with zero attached hydrogens (tertiary/aromatic N) is 5. The number of fused-ring (bicyclic) bond motifs is 1. The monoisotopic (exact) mass is 384 g/mol. The average molecular weight is 385 g/mol. The molecule has 9 heteroatoms. The van der Waals surface area contributed by atoms with E-state index < -0.39 is 0 Å². The van der Waals surface area contributed by atoms with Crippen molar-refractivity contribution in [3.8, 4) is 11.5 Å². The number of hydrogen-bond acceptors (Lipinski definition) is 5. The van der Waals surface area contributed by atoms with E-state index in [1.807, 2.05) is 12.3 Å². The Labute approximate surface area is 158 Å². The van der Waals surface area contributed by atoms with Crippen LogP contribution >= 0.6 is 24.8 Å². The second-order valence-corrected chi connectivity index (χ2v) is 5.83. The van der Waals surface area contributed by atoms with Crippen LogP contribution in [0.15, 0.2) is 29.0 Å². The normalized spacial score (nSPS) is 13.0. The Bertz CT molecular complexity index is 786. The third-order valence-electron chi connectivity index (χ3n) is 4.05. The highest BCUT2D eigenvalue weighted by molar-refractivity contribution is 5.85. The first-order chi connectivity index (χ1) is 11.3. The van der Waals surface area contributed by atoms with Crippen LogP contribution < -0.4 is 5.32 Å². The quantitative estimate of drug-likeness (QED) is 0.731. The molecule has 0 atom stereocenters. The molecule has 0 unspecified atom stereocenters. The molecule has 3 aromatic heterocycles. The second kappa shape index (κ2) is 8.51. The van der Waals surface area contributed by atoms with Gasteiger partial charge in [0.05, 0.1) is 24.5 Å². The molecule has 136 valence electrons. The Morgan fingerprint density at radius 3 is 2.96 bits per heavy atom. The van der Waals surface area contributed by atoms with Crippen LogP contribution in [0.2, 0.25) is 0 Å². The molecule has 4 rings (SSSR count). The van der Waals surface area contributed by atoms with Gasteiger partial charge in [0.2, 0.25) is 0 Å². The predicted molar refractivity (Wildman–Crippen MR) is 99.3 cm³/mol. The maximum atomic E-state index is 5.43. The summed E-state index contributed by atoms with van der Waals surface area (Å²) in [4.78, 5) is 4.47. The molecule has 1 N–H and O–H groups in total. The summed E-state index contributed by atoms with van der Waals surface area (Å²) < 4.78 is 9.54. The van der Waals surface area contributed by atoms with Crippen molar-refractivity contribution >= 4 is 24.8 Å². The second-order valence-electron chi connectivity index (χ2n) is 5.83. The van der Waals surface area contributed by atoms with Crippen molar-refractivity contribution in [3.63, 3.8) is 0 Å². The number of nitrogens with one attached hydrogen (secondary N) is 1. The van der Waals surface area contributed by atoms with E-state index in [0.717, 1.165) is 55.4 Å². The Morgan fingerprint density at radius 1 is 1.28 bits per heavy atom. The zero-order valence-corrected chi connectivity index (χ0v) is 15.6. The molecular weight excluding hydrogens is 363 g/mol. The van der Waals surface area contributed by atoms with Crippen LogP contribution in [-0.2, 0) is 26.1 Å². The van der Waals surface area contributed by atoms with Crippen molar-refractivity contribution in [1.82, 2.24) is 29.8 Å². The van der Waals surface area contributed by atoms with Crippen LogP contribution in [0.1, 0.15) is 30.5 Å². The van der Waals surface area contributed by atoms with Crippen molar-refractivity contribution < 1.29 is 4.52 Å². The van der Waals surface area contributed by atoms with Gasteiger partial charge in [-0.3, -0.25) is 4.68 Å². The van der Waals surface area contributed by atoms with Crippen LogP contribution in [-0.4, -0.2) is 31.0 Å². The molecule has 0 amide bonds. The molecule has 25 heavy (non-hydrogen) atoms. The molecule has 0 fully saturated rings. The van der Waals surface area contributed by atoms with Crippen molar-refractivity contribution in [3.05, 3.63) is 41.7 Å². The number of rotatable bonds is 5. The van der Waals surface area contributed by atoms with E-state index in [-0.39, 0.29) is 24.8 Å². The Kier molecular flexibility index (Phi) is 6.64. The Hall–Kier alpha value is -1.83. The first-order valence-corrected chi connectivity index (χ1v) is 8.07. The molecule has 3 aromatic rings. The summed E-state index contributed by atoms with van der Waals surface area (Å²) in [5.41, 5.74) is 3.11. The van der Waals surface area contributed by atoms with E-state index in [0.29, 0.717) is 6.54 Å². The molecule has 4 heterocycles. The molecular formula is C16H22Cl2N6O. The van der Waals surface area contributed by atoms with Gasteiger partial charge in [0, 0.05) is 31.5 Å². The first-order valence-electron chi connectivity index (χ1n) is 8.07. The van der Waals surface area contributed by atoms with E-state index in [4.69, 9.17) is 4.52 Å². The molecule has 0 radical (unpaired) electrons. The van der Waals surface area contributed by atoms with Gasteiger partial charge in [-0.2, -0.15) is 5.10 Å². The van der Waals surface area contributed by atoms with E-state index in [9.17, 15) is 0 Å². The number of imidazole rings is 1. The van der Waals surface area contributed by atoms with E-state index in [1.165, 1.54) is 5.69 Å². The first kappa shape index (κ1) is 19.5. The van der Waals surface area contributed by atoms with Gasteiger partial charge < -0.3 is 14.4 Å². The Balaban J connectivity index is 0.00000113. The average Bonchev–Trinajstić information content (AvgIpc) is 3.27. The lowest BCUT2D eigenvalue weighted by Crippen LogP contribution is -2.28. The maximum Gasteiger partial charge on any atom is 0.160 e. The summed E-state index contributed by atoms with van der Waals surface area (Å²) in [6.45, 7) is 5.47. The van der Waals surface area contributed by atoms with Gasteiger partial charge in [0.25, 0.3) is 0 Å². The zero-order chi connectivity index (χ0) is 15.6. The van der Waals surface area contributed by atoms with Crippen LogP contribution in [0.5, 0.6) is 0 Å². The largest absolute Gasteiger partial charge is 0.359 e. The van der Waals surface area contributed by atoms with Crippen LogP contribution in [0.3, 0.4) is 0 Å². The van der Waals surface area contributed by atoms with Crippen molar-refractivity contribution in [2.45, 2.75) is 39.4 Å². The summed E-state index contributed by atoms with van der Waals surface area (Å²) in [7, 11) is 0. The lowest BCUT2D eigenvalue weighted by atomic mass is 10.2. The van der Waals surface area contributed by atoms with Crippen molar-refractivity contribution in [2.24, 2.45) is 0 Å². The van der Waals surface area contributed by atoms with Gasteiger partial charge in [0.1, 0.15) is 5.69 Å². The van der Waals surface area contributed by atoms with E-state index >= 15 is 0 Å². The van der Waals surface area contributed by atoms with Crippen LogP contribution in [0, 0.1) is 0 Å². The van der Waals surface area contributed by atoms with Gasteiger partial charge in [-0.25, -0.2) is 4.98 Å². The standard InChI is InChI=1S/C16H20N6O.2ClH/c1-2-3-12-8-14(23-20-12)11-21-6-5-18-16(21)15-9-13-10-17-4-7-22(13)19-15;;/h5-6,8-9,17H,2-4,7,10-11H2,1H3;2*1H. The fourth-order valence-corrected chi connectivity index (χ4v) is 2.94. The Morgan fingerprint density at radius 2 is 2.16 bits per heavy atom. The third kappa shape index (κ3) is 4.05. The number of hydrogen-bond donors (Lipinski definition) is 1. The fourth-order valence-electron chi connectivity index (χ4n) is 2.94. The summed E-state index contributed by atoms with van der Waals surface area (Å²) in [6, 6.07) is 4.13. The zero-order valence-electron chi connectivity index (χ0n) is 14.0. The van der Waals surface area contributed by atoms with Gasteiger partial charge in [-0.15, -0.1) is 24.8 Å². The molecule has 0 spiro atoms. The minimum Gasteiger partial charge on any atom is -0.359 e. The minimum atomic E-state index is 0. The highest BCUT2D eigenvalue weighted by Gasteiger charge is 2.16. The molecule has 1 aliphatic heterocycles. The molecule has 0 aromatic carbocycles. The summed E-state index contributed by atoms with van der Waals surface area (Å²) in [5, 5.41) is 12.1. The minimum absolute atomic E-state index is 0. The fraction of sp³-hybridized carbons (Fsp3) is 0.438. The lowest BCUT2D eigenvalue weighted by molar-refractivity contribution is 0.371. The predicted octanol–water partition coefficient (Wildman–Crippen LogP) is 2.68. The highest BCUT2D eigenvalue weighted by Crippen LogP contribution is 2.20. The summed E-state index contributed by atoms with van der Waals surface area (Å²) in [6.07, 6.45) is 5.76. The highest BCUT2D eigenvalue weighted by atomic mass is 35.5. The molecule has 0 bridgehead atoms. The molecule has 0 saturated heterocycles. The topological polar surface area (TPSA) is 73.7 Å². The molecule has 0 saturated carbocycles. The summed E-state index contributed by atoms with van der Waals surface area (Å²) >= 11 is 0. The third-order valence-corrected chi connectivity index (χ3v) is 4.05. The number of aromatic nitrogens is 5. The smallest absolute Gasteiger partial charge is 0.160 e. The van der Waals surface area contributed by atoms with Gasteiger partial charge in [0.15, 0.2) is 11.6 Å². The maximum absolute atomic E-state index is 5.43. The van der Waals surface area contributed by atoms with E-state index in [2.05, 4.69) is 42.8 Å². The molecule has 1 aliphatic rings. The van der Waals surface area contributed by atoms with Crippen LogP contribution in [0.4, 0.5) is 0 Å². The SMILES string of the molecule is CCCc1cc(Cn2ccnc2-c2cc3n(n2)CCNC3)on1.Cl.Cl. The van der Waals surface area contributed by atoms with Crippen LogP contribution in [0.25, 0.3) is 11.5 Å².